The standard InChI is InChI=1S/C25H25F3N6/c1-3-15(2)19-12-20(29-11-10-25(26,27)28)24-31-14-22(34(24)33-19)17-6-4-16(5-7-17)21-13-30-23(32-21)18-8-9-18/h3-7,12-14,18,29H,8-11H2,1-2H3,(H,30,32). The SMILES string of the molecule is CC=C(C)c1cc(NCCC(F)(F)F)c2ncc(-c3ccc(-c4cnc(C5CC5)[nH]4)cc3)n2n1. The third-order valence-electron chi connectivity index (χ3n) is 6.08. The van der Waals surface area contributed by atoms with Crippen LogP contribution in [-0.4, -0.2) is 37.3 Å². The molecule has 0 amide bonds. The normalized spacial score (nSPS) is 14.7. The zero-order chi connectivity index (χ0) is 23.9. The van der Waals surface area contributed by atoms with Crippen molar-refractivity contribution in [3.63, 3.8) is 0 Å². The number of H-pyrrole nitrogens is 1. The molecule has 1 aliphatic carbocycles. The molecule has 5 rings (SSSR count). The van der Waals surface area contributed by atoms with Gasteiger partial charge in [-0.15, -0.1) is 0 Å². The van der Waals surface area contributed by atoms with E-state index in [1.807, 2.05) is 50.4 Å². The van der Waals surface area contributed by atoms with Crippen molar-refractivity contribution < 1.29 is 13.2 Å². The van der Waals surface area contributed by atoms with Gasteiger partial charge < -0.3 is 10.3 Å². The molecular weight excluding hydrogens is 441 g/mol. The minimum absolute atomic E-state index is 0.235. The van der Waals surface area contributed by atoms with Crippen LogP contribution in [0.15, 0.2) is 48.8 Å². The van der Waals surface area contributed by atoms with E-state index in [0.717, 1.165) is 33.9 Å². The van der Waals surface area contributed by atoms with Crippen molar-refractivity contribution in [1.82, 2.24) is 24.6 Å². The van der Waals surface area contributed by atoms with Crippen molar-refractivity contribution in [3.05, 3.63) is 60.3 Å². The predicted octanol–water partition coefficient (Wildman–Crippen LogP) is 6.45. The lowest BCUT2D eigenvalue weighted by atomic mass is 10.1. The molecule has 0 atom stereocenters. The van der Waals surface area contributed by atoms with E-state index in [1.165, 1.54) is 12.8 Å². The van der Waals surface area contributed by atoms with Crippen LogP contribution in [-0.2, 0) is 0 Å². The first kappa shape index (κ1) is 22.2. The lowest BCUT2D eigenvalue weighted by molar-refractivity contribution is -0.131. The van der Waals surface area contributed by atoms with Gasteiger partial charge >= 0.3 is 6.18 Å². The average molecular weight is 467 g/mol. The number of benzene rings is 1. The molecule has 176 valence electrons. The maximum Gasteiger partial charge on any atom is 0.390 e. The summed E-state index contributed by atoms with van der Waals surface area (Å²) in [4.78, 5) is 12.4. The number of hydrogen-bond acceptors (Lipinski definition) is 4. The Morgan fingerprint density at radius 2 is 1.88 bits per heavy atom. The molecule has 9 heteroatoms. The van der Waals surface area contributed by atoms with Gasteiger partial charge in [-0.25, -0.2) is 14.5 Å². The lowest BCUT2D eigenvalue weighted by Gasteiger charge is -2.12. The van der Waals surface area contributed by atoms with Gasteiger partial charge in [0.25, 0.3) is 0 Å². The summed E-state index contributed by atoms with van der Waals surface area (Å²) in [5.74, 6) is 1.61. The monoisotopic (exact) mass is 466 g/mol. The van der Waals surface area contributed by atoms with Gasteiger partial charge in [0.1, 0.15) is 5.82 Å². The minimum atomic E-state index is -4.23. The summed E-state index contributed by atoms with van der Waals surface area (Å²) in [6.07, 6.45) is 2.70. The van der Waals surface area contributed by atoms with Crippen molar-refractivity contribution >= 4 is 16.9 Å². The number of aromatic amines is 1. The number of anilines is 1. The van der Waals surface area contributed by atoms with Crippen LogP contribution in [0.1, 0.15) is 50.5 Å². The number of alkyl halides is 3. The molecule has 1 aliphatic rings. The first-order chi connectivity index (χ1) is 16.3. The van der Waals surface area contributed by atoms with Crippen LogP contribution < -0.4 is 5.32 Å². The smallest absolute Gasteiger partial charge is 0.382 e. The Morgan fingerprint density at radius 3 is 2.56 bits per heavy atom. The fraction of sp³-hybridized carbons (Fsp3) is 0.320. The topological polar surface area (TPSA) is 70.9 Å². The van der Waals surface area contributed by atoms with Crippen molar-refractivity contribution in [2.24, 2.45) is 0 Å². The van der Waals surface area contributed by atoms with Crippen molar-refractivity contribution in [3.8, 4) is 22.5 Å². The second kappa shape index (κ2) is 8.62. The highest BCUT2D eigenvalue weighted by Crippen LogP contribution is 2.39. The van der Waals surface area contributed by atoms with E-state index in [2.05, 4.69) is 20.3 Å². The third kappa shape index (κ3) is 4.55. The molecule has 4 aromatic rings. The zero-order valence-corrected chi connectivity index (χ0v) is 18.9. The van der Waals surface area contributed by atoms with Gasteiger partial charge in [-0.3, -0.25) is 0 Å². The van der Waals surface area contributed by atoms with Crippen LogP contribution >= 0.6 is 0 Å². The Balaban J connectivity index is 1.48. The molecule has 0 radical (unpaired) electrons. The highest BCUT2D eigenvalue weighted by molar-refractivity contribution is 5.77. The Bertz CT molecular complexity index is 1340. The summed E-state index contributed by atoms with van der Waals surface area (Å²) >= 11 is 0. The quantitative estimate of drug-likeness (QED) is 0.328. The predicted molar refractivity (Wildman–Crippen MR) is 126 cm³/mol. The highest BCUT2D eigenvalue weighted by atomic mass is 19.4. The van der Waals surface area contributed by atoms with E-state index in [4.69, 9.17) is 5.10 Å². The van der Waals surface area contributed by atoms with E-state index in [0.29, 0.717) is 22.9 Å². The van der Waals surface area contributed by atoms with Crippen LogP contribution in [0.2, 0.25) is 0 Å². The summed E-state index contributed by atoms with van der Waals surface area (Å²) < 4.78 is 39.7. The van der Waals surface area contributed by atoms with Gasteiger partial charge in [-0.2, -0.15) is 18.3 Å². The zero-order valence-electron chi connectivity index (χ0n) is 18.9. The van der Waals surface area contributed by atoms with Crippen molar-refractivity contribution in [1.29, 1.82) is 0 Å². The van der Waals surface area contributed by atoms with Gasteiger partial charge in [-0.1, -0.05) is 30.3 Å². The molecule has 1 fully saturated rings. The van der Waals surface area contributed by atoms with E-state index in [9.17, 15) is 13.2 Å². The fourth-order valence-electron chi connectivity index (χ4n) is 3.84. The molecule has 2 N–H and O–H groups in total. The summed E-state index contributed by atoms with van der Waals surface area (Å²) in [6.45, 7) is 3.58. The molecule has 0 bridgehead atoms. The van der Waals surface area contributed by atoms with Gasteiger partial charge in [0.05, 0.1) is 41.6 Å². The third-order valence-corrected chi connectivity index (χ3v) is 6.08. The molecule has 0 unspecified atom stereocenters. The molecule has 1 aromatic carbocycles. The summed E-state index contributed by atoms with van der Waals surface area (Å²) in [7, 11) is 0. The van der Waals surface area contributed by atoms with Crippen LogP contribution in [0.3, 0.4) is 0 Å². The highest BCUT2D eigenvalue weighted by Gasteiger charge is 2.27. The number of rotatable bonds is 7. The van der Waals surface area contributed by atoms with Gasteiger partial charge in [-0.05, 0) is 43.9 Å². The van der Waals surface area contributed by atoms with E-state index >= 15 is 0 Å². The van der Waals surface area contributed by atoms with E-state index in [1.54, 1.807) is 16.8 Å². The van der Waals surface area contributed by atoms with Crippen molar-refractivity contribution in [2.45, 2.75) is 45.2 Å². The first-order valence-corrected chi connectivity index (χ1v) is 11.3. The first-order valence-electron chi connectivity index (χ1n) is 11.3. The Kier molecular flexibility index (Phi) is 5.63. The number of nitrogens with one attached hydrogen (secondary N) is 2. The number of imidazole rings is 2. The number of hydrogen-bond donors (Lipinski definition) is 2. The fourth-order valence-corrected chi connectivity index (χ4v) is 3.84. The largest absolute Gasteiger partial charge is 0.390 e. The van der Waals surface area contributed by atoms with Crippen LogP contribution in [0.4, 0.5) is 18.9 Å². The lowest BCUT2D eigenvalue weighted by Crippen LogP contribution is -2.15. The second-order valence-corrected chi connectivity index (χ2v) is 8.62. The van der Waals surface area contributed by atoms with Crippen LogP contribution in [0, 0.1) is 0 Å². The molecule has 6 nitrogen and oxygen atoms in total. The average Bonchev–Trinajstić information content (AvgIpc) is 3.38. The number of fused-ring (bicyclic) bond motifs is 1. The minimum Gasteiger partial charge on any atom is -0.382 e. The van der Waals surface area contributed by atoms with Gasteiger partial charge in [0, 0.05) is 18.0 Å². The van der Waals surface area contributed by atoms with Crippen molar-refractivity contribution in [2.75, 3.05) is 11.9 Å². The molecule has 1 saturated carbocycles. The Labute approximate surface area is 195 Å². The van der Waals surface area contributed by atoms with Gasteiger partial charge in [0.15, 0.2) is 5.65 Å². The Hall–Kier alpha value is -3.62. The molecule has 3 heterocycles. The second-order valence-electron chi connectivity index (χ2n) is 8.62. The van der Waals surface area contributed by atoms with Crippen LogP contribution in [0.5, 0.6) is 0 Å². The molecule has 34 heavy (non-hydrogen) atoms. The molecule has 3 aromatic heterocycles. The number of nitrogens with zero attached hydrogens (tertiary/aromatic N) is 4. The van der Waals surface area contributed by atoms with E-state index < -0.39 is 12.6 Å². The maximum absolute atomic E-state index is 12.7. The summed E-state index contributed by atoms with van der Waals surface area (Å²) in [5.41, 5.74) is 6.26. The molecule has 0 spiro atoms. The van der Waals surface area contributed by atoms with E-state index in [-0.39, 0.29) is 6.54 Å². The summed E-state index contributed by atoms with van der Waals surface area (Å²) in [6, 6.07) is 9.76. The van der Waals surface area contributed by atoms with Crippen LogP contribution in [0.25, 0.3) is 33.7 Å². The number of halogens is 3. The number of aromatic nitrogens is 5. The number of allylic oxidation sites excluding steroid dienone is 2. The summed E-state index contributed by atoms with van der Waals surface area (Å²) in [5, 5.41) is 7.61. The molecule has 0 aliphatic heterocycles. The maximum atomic E-state index is 12.7. The molecular formula is C25H25F3N6. The Morgan fingerprint density at radius 1 is 1.15 bits per heavy atom. The van der Waals surface area contributed by atoms with Gasteiger partial charge in [0.2, 0.25) is 0 Å². The molecule has 0 saturated heterocycles.